The van der Waals surface area contributed by atoms with Gasteiger partial charge in [0.05, 0.1) is 0 Å². The quantitative estimate of drug-likeness (QED) is 0.401. The minimum Gasteiger partial charge on any atom is -0.449 e. The van der Waals surface area contributed by atoms with Crippen molar-refractivity contribution in [1.29, 1.82) is 0 Å². The normalized spacial score (nSPS) is 12.3. The first kappa shape index (κ1) is 18.4. The SMILES string of the molecule is C[C@@H](OC(=O)/C=C/c1nc2ccccc2o1)C(=O)Nc1cccc2ccccc12. The molecule has 3 aromatic carbocycles. The Kier molecular flexibility index (Phi) is 5.07. The number of oxazole rings is 1. The fourth-order valence-electron chi connectivity index (χ4n) is 2.94. The molecule has 0 aliphatic rings. The molecule has 6 heteroatoms. The van der Waals surface area contributed by atoms with Crippen molar-refractivity contribution in [2.75, 3.05) is 5.32 Å². The molecule has 0 aliphatic heterocycles. The molecule has 29 heavy (non-hydrogen) atoms. The first-order chi connectivity index (χ1) is 14.1. The zero-order valence-corrected chi connectivity index (χ0v) is 15.7. The Morgan fingerprint density at radius 2 is 1.79 bits per heavy atom. The van der Waals surface area contributed by atoms with Gasteiger partial charge in [0.25, 0.3) is 5.91 Å². The maximum absolute atomic E-state index is 12.4. The summed E-state index contributed by atoms with van der Waals surface area (Å²) in [7, 11) is 0. The van der Waals surface area contributed by atoms with E-state index in [4.69, 9.17) is 9.15 Å². The molecule has 0 saturated heterocycles. The van der Waals surface area contributed by atoms with Crippen molar-refractivity contribution in [2.45, 2.75) is 13.0 Å². The standard InChI is InChI=1S/C23H18N2O4/c1-15(23(27)25-18-11-6-8-16-7-2-3-9-17(16)18)28-22(26)14-13-21-24-19-10-4-5-12-20(19)29-21/h2-15H,1H3,(H,25,27)/b14-13+/t15-/m1/s1. The molecule has 6 nitrogen and oxygen atoms in total. The van der Waals surface area contributed by atoms with E-state index in [2.05, 4.69) is 10.3 Å². The van der Waals surface area contributed by atoms with E-state index >= 15 is 0 Å². The molecule has 1 heterocycles. The number of nitrogens with one attached hydrogen (secondary N) is 1. The number of hydrogen-bond acceptors (Lipinski definition) is 5. The second-order valence-electron chi connectivity index (χ2n) is 6.45. The number of rotatable bonds is 5. The van der Waals surface area contributed by atoms with Crippen molar-refractivity contribution >= 4 is 45.5 Å². The van der Waals surface area contributed by atoms with Gasteiger partial charge in [0.15, 0.2) is 11.7 Å². The van der Waals surface area contributed by atoms with Gasteiger partial charge in [-0.1, -0.05) is 48.5 Å². The summed E-state index contributed by atoms with van der Waals surface area (Å²) in [6.45, 7) is 1.52. The third-order valence-corrected chi connectivity index (χ3v) is 4.38. The van der Waals surface area contributed by atoms with Crippen LogP contribution in [0.25, 0.3) is 27.9 Å². The van der Waals surface area contributed by atoms with E-state index in [1.165, 1.54) is 19.1 Å². The summed E-state index contributed by atoms with van der Waals surface area (Å²) in [5.41, 5.74) is 1.99. The molecule has 1 aromatic heterocycles. The van der Waals surface area contributed by atoms with Crippen LogP contribution < -0.4 is 5.32 Å². The number of benzene rings is 3. The second-order valence-corrected chi connectivity index (χ2v) is 6.45. The Morgan fingerprint density at radius 1 is 1.03 bits per heavy atom. The first-order valence-corrected chi connectivity index (χ1v) is 9.13. The molecule has 1 atom stereocenters. The molecule has 0 aliphatic carbocycles. The zero-order chi connectivity index (χ0) is 20.2. The number of ether oxygens (including phenoxy) is 1. The fourth-order valence-corrected chi connectivity index (χ4v) is 2.94. The van der Waals surface area contributed by atoms with Crippen molar-refractivity contribution in [1.82, 2.24) is 4.98 Å². The highest BCUT2D eigenvalue weighted by molar-refractivity contribution is 6.04. The van der Waals surface area contributed by atoms with E-state index in [1.807, 2.05) is 60.7 Å². The summed E-state index contributed by atoms with van der Waals surface area (Å²) >= 11 is 0. The smallest absolute Gasteiger partial charge is 0.331 e. The van der Waals surface area contributed by atoms with Crippen LogP contribution >= 0.6 is 0 Å². The second kappa shape index (κ2) is 7.98. The maximum atomic E-state index is 12.4. The number of carbonyl (C=O) groups excluding carboxylic acids is 2. The van der Waals surface area contributed by atoms with Gasteiger partial charge in [-0.3, -0.25) is 4.79 Å². The van der Waals surface area contributed by atoms with Gasteiger partial charge in [-0.2, -0.15) is 0 Å². The van der Waals surface area contributed by atoms with Gasteiger partial charge < -0.3 is 14.5 Å². The number of carbonyl (C=O) groups is 2. The number of hydrogen-bond donors (Lipinski definition) is 1. The fraction of sp³-hybridized carbons (Fsp3) is 0.0870. The predicted molar refractivity (Wildman–Crippen MR) is 111 cm³/mol. The van der Waals surface area contributed by atoms with Gasteiger partial charge in [-0.05, 0) is 30.5 Å². The predicted octanol–water partition coefficient (Wildman–Crippen LogP) is 4.56. The van der Waals surface area contributed by atoms with Crippen molar-refractivity contribution < 1.29 is 18.7 Å². The number of amides is 1. The summed E-state index contributed by atoms with van der Waals surface area (Å²) in [5.74, 6) is -0.784. The number of nitrogens with zero attached hydrogens (tertiary/aromatic N) is 1. The van der Waals surface area contributed by atoms with Gasteiger partial charge in [0.2, 0.25) is 5.89 Å². The van der Waals surface area contributed by atoms with E-state index in [0.717, 1.165) is 10.8 Å². The van der Waals surface area contributed by atoms with Crippen LogP contribution in [0.1, 0.15) is 12.8 Å². The summed E-state index contributed by atoms with van der Waals surface area (Å²) in [6.07, 6.45) is 1.64. The Balaban J connectivity index is 1.39. The van der Waals surface area contributed by atoms with Crippen LogP contribution in [0, 0.1) is 0 Å². The molecular formula is C23H18N2O4. The number of aromatic nitrogens is 1. The van der Waals surface area contributed by atoms with Crippen LogP contribution in [0.15, 0.2) is 77.2 Å². The minimum absolute atomic E-state index is 0.288. The van der Waals surface area contributed by atoms with Crippen LogP contribution in [0.3, 0.4) is 0 Å². The van der Waals surface area contributed by atoms with Crippen LogP contribution in [-0.2, 0) is 14.3 Å². The van der Waals surface area contributed by atoms with Crippen molar-refractivity contribution in [3.05, 3.63) is 78.7 Å². The molecule has 1 amide bonds. The highest BCUT2D eigenvalue weighted by Crippen LogP contribution is 2.23. The van der Waals surface area contributed by atoms with Crippen LogP contribution in [0.4, 0.5) is 5.69 Å². The van der Waals surface area contributed by atoms with Gasteiger partial charge >= 0.3 is 5.97 Å². The van der Waals surface area contributed by atoms with E-state index in [1.54, 1.807) is 6.07 Å². The molecule has 144 valence electrons. The first-order valence-electron chi connectivity index (χ1n) is 9.13. The zero-order valence-electron chi connectivity index (χ0n) is 15.7. The molecule has 0 bridgehead atoms. The van der Waals surface area contributed by atoms with Gasteiger partial charge in [0.1, 0.15) is 5.52 Å². The van der Waals surface area contributed by atoms with E-state index < -0.39 is 18.0 Å². The Labute approximate surface area is 166 Å². The lowest BCUT2D eigenvalue weighted by Gasteiger charge is -2.13. The number of anilines is 1. The minimum atomic E-state index is -0.963. The topological polar surface area (TPSA) is 81.4 Å². The molecule has 0 unspecified atom stereocenters. The van der Waals surface area contributed by atoms with Gasteiger partial charge in [0, 0.05) is 23.2 Å². The molecule has 0 fully saturated rings. The third kappa shape index (κ3) is 4.16. The summed E-state index contributed by atoms with van der Waals surface area (Å²) < 4.78 is 10.7. The molecule has 4 aromatic rings. The third-order valence-electron chi connectivity index (χ3n) is 4.38. The molecule has 4 rings (SSSR count). The number of esters is 1. The number of fused-ring (bicyclic) bond motifs is 2. The summed E-state index contributed by atoms with van der Waals surface area (Å²) in [4.78, 5) is 28.7. The molecule has 0 radical (unpaired) electrons. The van der Waals surface area contributed by atoms with E-state index in [9.17, 15) is 9.59 Å². The lowest BCUT2D eigenvalue weighted by atomic mass is 10.1. The van der Waals surface area contributed by atoms with Crippen LogP contribution in [0.5, 0.6) is 0 Å². The highest BCUT2D eigenvalue weighted by atomic mass is 16.5. The van der Waals surface area contributed by atoms with Crippen molar-refractivity contribution in [3.63, 3.8) is 0 Å². The van der Waals surface area contributed by atoms with Crippen molar-refractivity contribution in [3.8, 4) is 0 Å². The Hall–Kier alpha value is -3.93. The Bertz CT molecular complexity index is 1190. The van der Waals surface area contributed by atoms with Gasteiger partial charge in [-0.15, -0.1) is 0 Å². The summed E-state index contributed by atoms with van der Waals surface area (Å²) in [5, 5.41) is 4.74. The van der Waals surface area contributed by atoms with E-state index in [-0.39, 0.29) is 5.89 Å². The van der Waals surface area contributed by atoms with Gasteiger partial charge in [-0.25, -0.2) is 9.78 Å². The molecule has 0 spiro atoms. The number of para-hydroxylation sites is 2. The van der Waals surface area contributed by atoms with Crippen LogP contribution in [0.2, 0.25) is 0 Å². The molecular weight excluding hydrogens is 368 g/mol. The van der Waals surface area contributed by atoms with E-state index in [0.29, 0.717) is 16.8 Å². The average Bonchev–Trinajstić information content (AvgIpc) is 3.15. The van der Waals surface area contributed by atoms with Crippen LogP contribution in [-0.4, -0.2) is 23.0 Å². The van der Waals surface area contributed by atoms with Crippen molar-refractivity contribution in [2.24, 2.45) is 0 Å². The molecule has 0 saturated carbocycles. The lowest BCUT2D eigenvalue weighted by molar-refractivity contribution is -0.148. The maximum Gasteiger partial charge on any atom is 0.331 e. The molecule has 1 N–H and O–H groups in total. The average molecular weight is 386 g/mol. The Morgan fingerprint density at radius 3 is 2.66 bits per heavy atom. The lowest BCUT2D eigenvalue weighted by Crippen LogP contribution is -2.29. The monoisotopic (exact) mass is 386 g/mol. The highest BCUT2D eigenvalue weighted by Gasteiger charge is 2.17. The largest absolute Gasteiger partial charge is 0.449 e. The summed E-state index contributed by atoms with van der Waals surface area (Å²) in [6, 6.07) is 20.6.